The number of hydrogen-bond donors (Lipinski definition) is 2. The Morgan fingerprint density at radius 3 is 2.25 bits per heavy atom. The van der Waals surface area contributed by atoms with Crippen LogP contribution in [-0.4, -0.2) is 19.4 Å². The van der Waals surface area contributed by atoms with Crippen LogP contribution < -0.4 is 20.1 Å². The minimum atomic E-state index is -0.162. The fraction of sp³-hybridized carbons (Fsp3) is 0.519. The van der Waals surface area contributed by atoms with Crippen molar-refractivity contribution in [3.8, 4) is 11.5 Å². The second-order valence-electron chi connectivity index (χ2n) is 9.23. The fourth-order valence-corrected chi connectivity index (χ4v) is 4.35. The molecule has 0 saturated carbocycles. The normalized spacial score (nSPS) is 13.5. The van der Waals surface area contributed by atoms with E-state index in [2.05, 4.69) is 69.5 Å². The predicted molar refractivity (Wildman–Crippen MR) is 131 cm³/mol. The van der Waals surface area contributed by atoms with E-state index in [0.29, 0.717) is 18.4 Å². The lowest BCUT2D eigenvalue weighted by Crippen LogP contribution is -2.33. The lowest BCUT2D eigenvalue weighted by Gasteiger charge is -2.22. The van der Waals surface area contributed by atoms with Crippen LogP contribution in [0.3, 0.4) is 0 Å². The molecule has 1 aliphatic rings. The molecule has 0 spiro atoms. The molecule has 32 heavy (non-hydrogen) atoms. The molecule has 2 amide bonds. The number of nitrogens with one attached hydrogen (secondary N) is 2. The number of fused-ring (bicyclic) bond motifs is 1. The van der Waals surface area contributed by atoms with Gasteiger partial charge in [0.1, 0.15) is 0 Å². The van der Waals surface area contributed by atoms with Crippen LogP contribution in [0.5, 0.6) is 11.5 Å². The Morgan fingerprint density at radius 1 is 0.938 bits per heavy atom. The summed E-state index contributed by atoms with van der Waals surface area (Å²) in [5.41, 5.74) is 4.38. The van der Waals surface area contributed by atoms with E-state index in [4.69, 9.17) is 9.47 Å². The Bertz CT molecular complexity index is 882. The molecule has 174 valence electrons. The molecule has 0 aliphatic carbocycles. The third-order valence-corrected chi connectivity index (χ3v) is 6.14. The summed E-state index contributed by atoms with van der Waals surface area (Å²) < 4.78 is 11.3. The van der Waals surface area contributed by atoms with Gasteiger partial charge in [0.15, 0.2) is 11.5 Å². The quantitative estimate of drug-likeness (QED) is 0.387. The summed E-state index contributed by atoms with van der Waals surface area (Å²) in [6.07, 6.45) is 4.45. The van der Waals surface area contributed by atoms with Crippen LogP contribution >= 0.6 is 0 Å². The van der Waals surface area contributed by atoms with Gasteiger partial charge in [-0.25, -0.2) is 4.79 Å². The van der Waals surface area contributed by atoms with Gasteiger partial charge >= 0.3 is 6.03 Å². The second-order valence-corrected chi connectivity index (χ2v) is 9.23. The van der Waals surface area contributed by atoms with E-state index < -0.39 is 0 Å². The summed E-state index contributed by atoms with van der Waals surface area (Å²) in [5, 5.41) is 6.30. The van der Waals surface area contributed by atoms with Crippen molar-refractivity contribution in [2.24, 2.45) is 0 Å². The Balaban J connectivity index is 1.75. The SMILES string of the molecule is CCCCCC(CNC(=O)Nc1c(C(C)C)cccc1C(C)C)c1cccc2c1OCO2. The first-order valence-corrected chi connectivity index (χ1v) is 12.0. The van der Waals surface area contributed by atoms with Gasteiger partial charge in [0.25, 0.3) is 0 Å². The summed E-state index contributed by atoms with van der Waals surface area (Å²) in [6, 6.07) is 12.2. The molecule has 5 nitrogen and oxygen atoms in total. The standard InChI is InChI=1S/C27H38N2O3/c1-6-7-8-11-20(23-14-10-15-24-26(23)32-17-31-24)16-28-27(30)29-25-21(18(2)3)12-9-13-22(25)19(4)5/h9-10,12-15,18-20H,6-8,11,16-17H2,1-5H3,(H2,28,29,30). The lowest BCUT2D eigenvalue weighted by atomic mass is 9.92. The van der Waals surface area contributed by atoms with Crippen LogP contribution in [0.2, 0.25) is 0 Å². The number of amides is 2. The van der Waals surface area contributed by atoms with Crippen molar-refractivity contribution in [2.45, 2.75) is 78.1 Å². The first-order chi connectivity index (χ1) is 15.4. The number of para-hydroxylation sites is 2. The number of anilines is 1. The van der Waals surface area contributed by atoms with Crippen LogP contribution in [0, 0.1) is 0 Å². The molecule has 3 rings (SSSR count). The smallest absolute Gasteiger partial charge is 0.319 e. The van der Waals surface area contributed by atoms with Crippen molar-refractivity contribution in [1.29, 1.82) is 0 Å². The highest BCUT2D eigenvalue weighted by atomic mass is 16.7. The maximum atomic E-state index is 13.0. The molecular formula is C27H38N2O3. The average molecular weight is 439 g/mol. The molecule has 2 N–H and O–H groups in total. The maximum Gasteiger partial charge on any atom is 0.319 e. The minimum Gasteiger partial charge on any atom is -0.454 e. The first kappa shape index (κ1) is 24.0. The van der Waals surface area contributed by atoms with Gasteiger partial charge in [-0.3, -0.25) is 0 Å². The molecule has 1 unspecified atom stereocenters. The molecule has 2 aromatic carbocycles. The fourth-order valence-electron chi connectivity index (χ4n) is 4.35. The third kappa shape index (κ3) is 5.76. The number of rotatable bonds is 10. The summed E-state index contributed by atoms with van der Waals surface area (Å²) in [6.45, 7) is 11.6. The molecule has 0 radical (unpaired) electrons. The van der Waals surface area contributed by atoms with Crippen molar-refractivity contribution in [1.82, 2.24) is 5.32 Å². The van der Waals surface area contributed by atoms with Crippen molar-refractivity contribution in [3.05, 3.63) is 53.1 Å². The summed E-state index contributed by atoms with van der Waals surface area (Å²) in [5.74, 6) is 2.45. The van der Waals surface area contributed by atoms with Crippen LogP contribution in [0.1, 0.15) is 94.7 Å². The number of ether oxygens (including phenoxy) is 2. The number of carbonyl (C=O) groups is 1. The number of hydrogen-bond acceptors (Lipinski definition) is 3. The summed E-state index contributed by atoms with van der Waals surface area (Å²) in [4.78, 5) is 13.0. The Kier molecular flexibility index (Phi) is 8.43. The van der Waals surface area contributed by atoms with Gasteiger partial charge in [-0.15, -0.1) is 0 Å². The lowest BCUT2D eigenvalue weighted by molar-refractivity contribution is 0.173. The van der Waals surface area contributed by atoms with Gasteiger partial charge in [0.2, 0.25) is 6.79 Å². The zero-order valence-corrected chi connectivity index (χ0v) is 20.2. The zero-order chi connectivity index (χ0) is 23.1. The van der Waals surface area contributed by atoms with Crippen LogP contribution in [0.4, 0.5) is 10.5 Å². The third-order valence-electron chi connectivity index (χ3n) is 6.14. The van der Waals surface area contributed by atoms with Gasteiger partial charge < -0.3 is 20.1 Å². The van der Waals surface area contributed by atoms with E-state index in [1.165, 1.54) is 6.42 Å². The van der Waals surface area contributed by atoms with E-state index in [-0.39, 0.29) is 18.7 Å². The average Bonchev–Trinajstić information content (AvgIpc) is 3.25. The van der Waals surface area contributed by atoms with Crippen LogP contribution in [0.25, 0.3) is 0 Å². The molecule has 2 aromatic rings. The highest BCUT2D eigenvalue weighted by Gasteiger charge is 2.24. The maximum absolute atomic E-state index is 13.0. The van der Waals surface area contributed by atoms with Gasteiger partial charge in [0.05, 0.1) is 0 Å². The van der Waals surface area contributed by atoms with Crippen molar-refractivity contribution < 1.29 is 14.3 Å². The van der Waals surface area contributed by atoms with E-state index in [0.717, 1.165) is 53.1 Å². The van der Waals surface area contributed by atoms with Crippen molar-refractivity contribution in [3.63, 3.8) is 0 Å². The van der Waals surface area contributed by atoms with Gasteiger partial charge in [-0.2, -0.15) is 0 Å². The number of carbonyl (C=O) groups excluding carboxylic acids is 1. The van der Waals surface area contributed by atoms with Crippen LogP contribution in [0.15, 0.2) is 36.4 Å². The second kappa shape index (κ2) is 11.3. The minimum absolute atomic E-state index is 0.162. The van der Waals surface area contributed by atoms with Crippen LogP contribution in [-0.2, 0) is 0 Å². The van der Waals surface area contributed by atoms with E-state index in [1.807, 2.05) is 12.1 Å². The van der Waals surface area contributed by atoms with Gasteiger partial charge in [0, 0.05) is 23.7 Å². The molecule has 0 aromatic heterocycles. The molecule has 0 fully saturated rings. The van der Waals surface area contributed by atoms with Gasteiger partial charge in [-0.1, -0.05) is 84.2 Å². The molecule has 0 saturated heterocycles. The van der Waals surface area contributed by atoms with E-state index in [1.54, 1.807) is 0 Å². The monoisotopic (exact) mass is 438 g/mol. The Hall–Kier alpha value is -2.69. The molecule has 0 bridgehead atoms. The van der Waals surface area contributed by atoms with E-state index in [9.17, 15) is 4.79 Å². The van der Waals surface area contributed by atoms with Crippen molar-refractivity contribution in [2.75, 3.05) is 18.7 Å². The van der Waals surface area contributed by atoms with Gasteiger partial charge in [-0.05, 0) is 35.4 Å². The first-order valence-electron chi connectivity index (χ1n) is 12.0. The largest absolute Gasteiger partial charge is 0.454 e. The molecule has 1 heterocycles. The molecular weight excluding hydrogens is 400 g/mol. The van der Waals surface area contributed by atoms with Crippen molar-refractivity contribution >= 4 is 11.7 Å². The highest BCUT2D eigenvalue weighted by molar-refractivity contribution is 5.91. The Labute approximate surface area is 192 Å². The van der Waals surface area contributed by atoms with E-state index >= 15 is 0 Å². The molecule has 1 atom stereocenters. The predicted octanol–water partition coefficient (Wildman–Crippen LogP) is 7.15. The summed E-state index contributed by atoms with van der Waals surface area (Å²) in [7, 11) is 0. The number of urea groups is 1. The topological polar surface area (TPSA) is 59.6 Å². The number of benzene rings is 2. The highest BCUT2D eigenvalue weighted by Crippen LogP contribution is 2.40. The zero-order valence-electron chi connectivity index (χ0n) is 20.2. The number of unbranched alkanes of at least 4 members (excludes halogenated alkanes) is 2. The summed E-state index contributed by atoms with van der Waals surface area (Å²) >= 11 is 0. The molecule has 5 heteroatoms. The Morgan fingerprint density at radius 2 is 1.59 bits per heavy atom. The molecule has 1 aliphatic heterocycles.